The highest BCUT2D eigenvalue weighted by Crippen LogP contribution is 2.42. The number of benzene rings is 1. The van der Waals surface area contributed by atoms with Gasteiger partial charge in [0, 0.05) is 49.4 Å². The lowest BCUT2D eigenvalue weighted by molar-refractivity contribution is -0.384. The van der Waals surface area contributed by atoms with E-state index in [1.54, 1.807) is 12.1 Å². The third-order valence-electron chi connectivity index (χ3n) is 5.21. The summed E-state index contributed by atoms with van der Waals surface area (Å²) in [5.41, 5.74) is 2.19. The number of amides is 1. The average molecular weight is 333 g/mol. The van der Waals surface area contributed by atoms with Crippen LogP contribution in [0.2, 0.25) is 0 Å². The van der Waals surface area contributed by atoms with E-state index in [0.29, 0.717) is 19.0 Å². The number of carbonyl (C=O) groups is 1. The van der Waals surface area contributed by atoms with Crippen LogP contribution in [0.5, 0.6) is 0 Å². The van der Waals surface area contributed by atoms with Gasteiger partial charge in [-0.15, -0.1) is 0 Å². The molecular formula is C17H23N3O4. The summed E-state index contributed by atoms with van der Waals surface area (Å²) in [7, 11) is 0. The van der Waals surface area contributed by atoms with Gasteiger partial charge in [0.25, 0.3) is 5.69 Å². The standard InChI is InChI=1S/C17H23N3O4/c1-17(2)11-19(10-12-5-7-18(8-6-12)16(21)22)15-9-13(20(23)24)3-4-14(15)17/h3-4,9,12H,5-8,10-11H2,1-2H3,(H,21,22). The lowest BCUT2D eigenvalue weighted by Crippen LogP contribution is -2.41. The fourth-order valence-corrected chi connectivity index (χ4v) is 3.90. The van der Waals surface area contributed by atoms with Crippen molar-refractivity contribution in [1.29, 1.82) is 0 Å². The molecule has 2 heterocycles. The van der Waals surface area contributed by atoms with E-state index in [1.165, 1.54) is 4.90 Å². The summed E-state index contributed by atoms with van der Waals surface area (Å²) in [5, 5.41) is 20.1. The number of rotatable bonds is 3. The lowest BCUT2D eigenvalue weighted by Gasteiger charge is -2.33. The highest BCUT2D eigenvalue weighted by molar-refractivity contribution is 5.66. The van der Waals surface area contributed by atoms with E-state index in [-0.39, 0.29) is 16.0 Å². The van der Waals surface area contributed by atoms with Gasteiger partial charge in [-0.05, 0) is 30.4 Å². The maximum Gasteiger partial charge on any atom is 0.407 e. The summed E-state index contributed by atoms with van der Waals surface area (Å²) >= 11 is 0. The number of nitrogens with zero attached hydrogens (tertiary/aromatic N) is 3. The Bertz CT molecular complexity index is 666. The zero-order valence-electron chi connectivity index (χ0n) is 14.1. The smallest absolute Gasteiger partial charge is 0.407 e. The average Bonchev–Trinajstić information content (AvgIpc) is 2.78. The molecule has 0 aromatic heterocycles. The molecular weight excluding hydrogens is 310 g/mol. The van der Waals surface area contributed by atoms with Gasteiger partial charge in [-0.25, -0.2) is 4.79 Å². The Morgan fingerprint density at radius 3 is 2.62 bits per heavy atom. The van der Waals surface area contributed by atoms with Crippen LogP contribution >= 0.6 is 0 Å². The fraction of sp³-hybridized carbons (Fsp3) is 0.588. The Labute approximate surface area is 141 Å². The molecule has 0 radical (unpaired) electrons. The third-order valence-corrected chi connectivity index (χ3v) is 5.21. The summed E-state index contributed by atoms with van der Waals surface area (Å²) in [6.45, 7) is 7.11. The van der Waals surface area contributed by atoms with Crippen LogP contribution in [0, 0.1) is 16.0 Å². The Morgan fingerprint density at radius 2 is 2.04 bits per heavy atom. The molecule has 130 valence electrons. The van der Waals surface area contributed by atoms with Crippen LogP contribution in [0.15, 0.2) is 18.2 Å². The maximum atomic E-state index is 11.1. The minimum absolute atomic E-state index is 0.0355. The molecule has 0 aliphatic carbocycles. The second-order valence-corrected chi connectivity index (χ2v) is 7.44. The molecule has 0 spiro atoms. The van der Waals surface area contributed by atoms with Crippen LogP contribution < -0.4 is 4.90 Å². The molecule has 2 aliphatic heterocycles. The molecule has 0 bridgehead atoms. The van der Waals surface area contributed by atoms with Crippen LogP contribution in [0.4, 0.5) is 16.2 Å². The summed E-state index contributed by atoms with van der Waals surface area (Å²) in [6.07, 6.45) is 0.831. The molecule has 1 aromatic carbocycles. The molecule has 0 unspecified atom stereocenters. The van der Waals surface area contributed by atoms with Gasteiger partial charge in [0.15, 0.2) is 0 Å². The number of fused-ring (bicyclic) bond motifs is 1. The molecule has 1 fully saturated rings. The van der Waals surface area contributed by atoms with Crippen LogP contribution in [-0.2, 0) is 5.41 Å². The van der Waals surface area contributed by atoms with Gasteiger partial charge in [-0.3, -0.25) is 10.1 Å². The Morgan fingerprint density at radius 1 is 1.38 bits per heavy atom. The third kappa shape index (κ3) is 3.02. The van der Waals surface area contributed by atoms with Crippen molar-refractivity contribution in [3.63, 3.8) is 0 Å². The number of likely N-dealkylation sites (tertiary alicyclic amines) is 1. The quantitative estimate of drug-likeness (QED) is 0.678. The van der Waals surface area contributed by atoms with Gasteiger partial charge < -0.3 is 14.9 Å². The van der Waals surface area contributed by atoms with Gasteiger partial charge in [0.2, 0.25) is 0 Å². The molecule has 1 N–H and O–H groups in total. The molecule has 24 heavy (non-hydrogen) atoms. The van der Waals surface area contributed by atoms with Crippen LogP contribution in [0.3, 0.4) is 0 Å². The van der Waals surface area contributed by atoms with Crippen molar-refractivity contribution in [1.82, 2.24) is 4.90 Å². The first-order chi connectivity index (χ1) is 11.3. The van der Waals surface area contributed by atoms with Gasteiger partial charge >= 0.3 is 6.09 Å². The van der Waals surface area contributed by atoms with Crippen molar-refractivity contribution in [3.05, 3.63) is 33.9 Å². The summed E-state index contributed by atoms with van der Waals surface area (Å²) in [5.74, 6) is 0.418. The zero-order chi connectivity index (χ0) is 17.5. The first-order valence-corrected chi connectivity index (χ1v) is 8.29. The van der Waals surface area contributed by atoms with E-state index in [4.69, 9.17) is 5.11 Å². The molecule has 7 heteroatoms. The largest absolute Gasteiger partial charge is 0.465 e. The molecule has 0 saturated carbocycles. The van der Waals surface area contributed by atoms with Crippen molar-refractivity contribution in [2.45, 2.75) is 32.1 Å². The minimum atomic E-state index is -0.850. The maximum absolute atomic E-state index is 11.1. The summed E-state index contributed by atoms with van der Waals surface area (Å²) in [4.78, 5) is 25.4. The predicted octanol–water partition coefficient (Wildman–Crippen LogP) is 3.08. The van der Waals surface area contributed by atoms with E-state index in [2.05, 4.69) is 18.7 Å². The van der Waals surface area contributed by atoms with Crippen molar-refractivity contribution in [3.8, 4) is 0 Å². The zero-order valence-corrected chi connectivity index (χ0v) is 14.1. The molecule has 7 nitrogen and oxygen atoms in total. The minimum Gasteiger partial charge on any atom is -0.465 e. The lowest BCUT2D eigenvalue weighted by atomic mass is 9.87. The second kappa shape index (κ2) is 5.96. The van der Waals surface area contributed by atoms with E-state index in [1.807, 2.05) is 6.07 Å². The fourth-order valence-electron chi connectivity index (χ4n) is 3.90. The molecule has 3 rings (SSSR count). The number of anilines is 1. The highest BCUT2D eigenvalue weighted by Gasteiger charge is 2.37. The monoisotopic (exact) mass is 333 g/mol. The van der Waals surface area contributed by atoms with Crippen molar-refractivity contribution < 1.29 is 14.8 Å². The van der Waals surface area contributed by atoms with Gasteiger partial charge in [0.1, 0.15) is 0 Å². The van der Waals surface area contributed by atoms with Crippen LogP contribution in [0.1, 0.15) is 32.3 Å². The van der Waals surface area contributed by atoms with Gasteiger partial charge in [0.05, 0.1) is 4.92 Å². The van der Waals surface area contributed by atoms with E-state index in [0.717, 1.165) is 37.2 Å². The number of nitro groups is 1. The summed E-state index contributed by atoms with van der Waals surface area (Å²) < 4.78 is 0. The first-order valence-electron chi connectivity index (χ1n) is 8.29. The normalized spacial score (nSPS) is 20.1. The Kier molecular flexibility index (Phi) is 4.11. The van der Waals surface area contributed by atoms with Crippen LogP contribution in [-0.4, -0.2) is 47.2 Å². The highest BCUT2D eigenvalue weighted by atomic mass is 16.6. The predicted molar refractivity (Wildman–Crippen MR) is 90.7 cm³/mol. The number of hydrogen-bond donors (Lipinski definition) is 1. The Hall–Kier alpha value is -2.31. The molecule has 1 saturated heterocycles. The first kappa shape index (κ1) is 16.5. The van der Waals surface area contributed by atoms with Gasteiger partial charge in [-0.1, -0.05) is 13.8 Å². The van der Waals surface area contributed by atoms with E-state index >= 15 is 0 Å². The molecule has 1 aromatic rings. The van der Waals surface area contributed by atoms with Crippen LogP contribution in [0.25, 0.3) is 0 Å². The second-order valence-electron chi connectivity index (χ2n) is 7.44. The number of nitro benzene ring substituents is 1. The van der Waals surface area contributed by atoms with Crippen molar-refractivity contribution >= 4 is 17.5 Å². The van der Waals surface area contributed by atoms with Crippen molar-refractivity contribution in [2.75, 3.05) is 31.1 Å². The number of carboxylic acid groups (broad SMARTS) is 1. The van der Waals surface area contributed by atoms with E-state index < -0.39 is 6.09 Å². The van der Waals surface area contributed by atoms with Crippen molar-refractivity contribution in [2.24, 2.45) is 5.92 Å². The Balaban J connectivity index is 1.76. The summed E-state index contributed by atoms with van der Waals surface area (Å²) in [6, 6.07) is 5.13. The van der Waals surface area contributed by atoms with Gasteiger partial charge in [-0.2, -0.15) is 0 Å². The molecule has 1 amide bonds. The number of piperidine rings is 1. The number of hydrogen-bond acceptors (Lipinski definition) is 4. The molecule has 2 aliphatic rings. The SMILES string of the molecule is CC1(C)CN(CC2CCN(C(=O)O)CC2)c2cc([N+](=O)[O-])ccc21. The number of non-ortho nitro benzene ring substituents is 1. The topological polar surface area (TPSA) is 86.9 Å². The van der Waals surface area contributed by atoms with E-state index in [9.17, 15) is 14.9 Å². The molecule has 0 atom stereocenters.